The molecular weight excluding hydrogens is 452 g/mol. The fourth-order valence-electron chi connectivity index (χ4n) is 3.47. The summed E-state index contributed by atoms with van der Waals surface area (Å²) in [6.07, 6.45) is 0.397. The van der Waals surface area contributed by atoms with Crippen molar-refractivity contribution in [2.75, 3.05) is 13.2 Å². The molecule has 3 aromatic carbocycles. The van der Waals surface area contributed by atoms with Gasteiger partial charge >= 0.3 is 7.75 Å². The van der Waals surface area contributed by atoms with Gasteiger partial charge in [-0.25, -0.2) is 4.57 Å². The first-order valence-corrected chi connectivity index (χ1v) is 14.4. The zero-order valence-corrected chi connectivity index (χ0v) is 21.1. The average molecular weight is 483 g/mol. The van der Waals surface area contributed by atoms with E-state index in [4.69, 9.17) is 9.05 Å². The molecule has 0 atom stereocenters. The van der Waals surface area contributed by atoms with Crippen LogP contribution in [0.5, 0.6) is 0 Å². The second-order valence-corrected chi connectivity index (χ2v) is 11.9. The lowest BCUT2D eigenvalue weighted by Gasteiger charge is -2.23. The van der Waals surface area contributed by atoms with Crippen molar-refractivity contribution in [1.29, 1.82) is 0 Å². The van der Waals surface area contributed by atoms with Crippen LogP contribution in [0.1, 0.15) is 25.0 Å². The molecule has 1 N–H and O–H groups in total. The molecule has 0 spiro atoms. The van der Waals surface area contributed by atoms with Crippen LogP contribution in [-0.4, -0.2) is 13.2 Å². The highest BCUT2D eigenvalue weighted by Gasteiger charge is 2.29. The lowest BCUT2D eigenvalue weighted by molar-refractivity contribution is 0.213. The highest BCUT2D eigenvalue weighted by Crippen LogP contribution is 2.49. The minimum absolute atomic E-state index is 0.219. The lowest BCUT2D eigenvalue weighted by atomic mass is 10.1. The van der Waals surface area contributed by atoms with Crippen LogP contribution in [0, 0.1) is 6.92 Å². The number of benzene rings is 3. The van der Waals surface area contributed by atoms with E-state index in [-0.39, 0.29) is 13.2 Å². The van der Waals surface area contributed by atoms with Gasteiger partial charge in [-0.2, -0.15) is 0 Å². The largest absolute Gasteiger partial charge is 0.432 e. The normalized spacial score (nSPS) is 12.5. The van der Waals surface area contributed by atoms with E-state index in [1.54, 1.807) is 19.7 Å². The first-order chi connectivity index (χ1) is 15.9. The number of allylic oxidation sites excluding steroid dienone is 1. The third kappa shape index (κ3) is 6.79. The smallest absolute Gasteiger partial charge is 0.309 e. The molecule has 3 aromatic rings. The van der Waals surface area contributed by atoms with Crippen LogP contribution >= 0.6 is 14.9 Å². The molecule has 3 rings (SSSR count). The Morgan fingerprint density at radius 1 is 0.788 bits per heavy atom. The van der Waals surface area contributed by atoms with Crippen molar-refractivity contribution in [2.24, 2.45) is 0 Å². The Morgan fingerprint density at radius 3 is 1.73 bits per heavy atom. The molecule has 0 heterocycles. The summed E-state index contributed by atoms with van der Waals surface area (Å²) in [6, 6.07) is 26.8. The summed E-state index contributed by atoms with van der Waals surface area (Å²) < 4.78 is 38.9. The Morgan fingerprint density at radius 2 is 1.27 bits per heavy atom. The fraction of sp³-hybridized carbons (Fsp3) is 0.231. The number of hydrogen-bond donors (Lipinski definition) is 1. The average Bonchev–Trinajstić information content (AvgIpc) is 2.82. The first kappa shape index (κ1) is 25.2. The van der Waals surface area contributed by atoms with E-state index in [0.29, 0.717) is 22.7 Å². The Labute approximate surface area is 196 Å². The predicted molar refractivity (Wildman–Crippen MR) is 137 cm³/mol. The molecule has 0 aromatic heterocycles. The van der Waals surface area contributed by atoms with E-state index in [9.17, 15) is 9.13 Å². The van der Waals surface area contributed by atoms with Gasteiger partial charge in [-0.3, -0.25) is 14.1 Å². The van der Waals surface area contributed by atoms with Crippen LogP contribution in [0.15, 0.2) is 96.4 Å². The van der Waals surface area contributed by atoms with Gasteiger partial charge in [-0.15, -0.1) is 0 Å². The van der Waals surface area contributed by atoms with Gasteiger partial charge in [0.15, 0.2) is 7.14 Å². The molecule has 0 bridgehead atoms. The molecule has 0 aliphatic heterocycles. The SMILES string of the molecule is CCOP(=O)(N/C(=C\P(=O)(c1ccccc1)c1ccccc1)Cc1ccc(C)cc1)OCC. The molecule has 0 amide bonds. The van der Waals surface area contributed by atoms with E-state index in [1.165, 1.54) is 0 Å². The Kier molecular flexibility index (Phi) is 8.88. The van der Waals surface area contributed by atoms with Crippen molar-refractivity contribution in [3.8, 4) is 0 Å². The maximum absolute atomic E-state index is 14.6. The van der Waals surface area contributed by atoms with Crippen LogP contribution in [0.2, 0.25) is 0 Å². The van der Waals surface area contributed by atoms with Gasteiger partial charge in [-0.1, -0.05) is 90.5 Å². The van der Waals surface area contributed by atoms with Crippen molar-refractivity contribution < 1.29 is 18.2 Å². The molecule has 0 unspecified atom stereocenters. The molecule has 0 saturated heterocycles. The van der Waals surface area contributed by atoms with Crippen molar-refractivity contribution >= 4 is 25.5 Å². The second-order valence-electron chi connectivity index (χ2n) is 7.59. The van der Waals surface area contributed by atoms with Gasteiger partial charge in [0.2, 0.25) is 0 Å². The van der Waals surface area contributed by atoms with Gasteiger partial charge < -0.3 is 4.57 Å². The molecule has 7 heteroatoms. The van der Waals surface area contributed by atoms with E-state index in [1.807, 2.05) is 91.9 Å². The zero-order chi connectivity index (χ0) is 23.7. The molecule has 5 nitrogen and oxygen atoms in total. The Balaban J connectivity index is 2.14. The first-order valence-electron chi connectivity index (χ1n) is 11.0. The fourth-order valence-corrected chi connectivity index (χ4v) is 7.38. The Bertz CT molecular complexity index is 1090. The van der Waals surface area contributed by atoms with Crippen LogP contribution in [0.25, 0.3) is 0 Å². The van der Waals surface area contributed by atoms with E-state index < -0.39 is 14.9 Å². The number of nitrogens with one attached hydrogen (secondary N) is 1. The number of hydrogen-bond acceptors (Lipinski definition) is 4. The number of aryl methyl sites for hydroxylation is 1. The molecule has 0 aliphatic carbocycles. The maximum Gasteiger partial charge on any atom is 0.432 e. The topological polar surface area (TPSA) is 64.6 Å². The van der Waals surface area contributed by atoms with Crippen molar-refractivity contribution in [3.05, 3.63) is 108 Å². The van der Waals surface area contributed by atoms with Crippen LogP contribution in [0.4, 0.5) is 0 Å². The summed E-state index contributed by atoms with van der Waals surface area (Å²) in [5, 5.41) is 4.38. The summed E-state index contributed by atoms with van der Waals surface area (Å²) in [6.45, 7) is 5.98. The molecule has 33 heavy (non-hydrogen) atoms. The van der Waals surface area contributed by atoms with Gasteiger partial charge in [-0.05, 0) is 26.3 Å². The second kappa shape index (κ2) is 11.6. The van der Waals surface area contributed by atoms with Gasteiger partial charge in [0, 0.05) is 28.5 Å². The minimum Gasteiger partial charge on any atom is -0.309 e. The van der Waals surface area contributed by atoms with Crippen molar-refractivity contribution in [1.82, 2.24) is 5.09 Å². The standard InChI is InChI=1S/C26H31NO4P2/c1-4-30-33(29,31-5-2)27-24(20-23-18-16-22(3)17-19-23)21-32(28,25-12-8-6-9-13-25)26-14-10-7-11-15-26/h6-19,21H,4-5,20H2,1-3H3,(H,27,29)/b24-21-. The number of rotatable bonds is 11. The van der Waals surface area contributed by atoms with Crippen molar-refractivity contribution in [2.45, 2.75) is 27.2 Å². The van der Waals surface area contributed by atoms with Crippen LogP contribution in [-0.2, 0) is 24.6 Å². The minimum atomic E-state index is -3.63. The summed E-state index contributed by atoms with van der Waals surface area (Å²) in [5.41, 5.74) is 2.66. The van der Waals surface area contributed by atoms with Crippen LogP contribution in [0.3, 0.4) is 0 Å². The van der Waals surface area contributed by atoms with E-state index in [0.717, 1.165) is 11.1 Å². The van der Waals surface area contributed by atoms with E-state index in [2.05, 4.69) is 5.09 Å². The summed E-state index contributed by atoms with van der Waals surface area (Å²) >= 11 is 0. The van der Waals surface area contributed by atoms with Crippen LogP contribution < -0.4 is 15.7 Å². The van der Waals surface area contributed by atoms with Gasteiger partial charge in [0.1, 0.15) is 0 Å². The van der Waals surface area contributed by atoms with Gasteiger partial charge in [0.05, 0.1) is 13.2 Å². The third-order valence-corrected chi connectivity index (χ3v) is 9.57. The predicted octanol–water partition coefficient (Wildman–Crippen LogP) is 6.16. The molecule has 0 radical (unpaired) electrons. The summed E-state index contributed by atoms with van der Waals surface area (Å²) in [4.78, 5) is 0. The van der Waals surface area contributed by atoms with E-state index >= 15 is 0 Å². The molecule has 0 fully saturated rings. The summed E-state index contributed by atoms with van der Waals surface area (Å²) in [7, 11) is -6.84. The Hall–Kier alpha value is -2.42. The molecule has 0 aliphatic rings. The molecule has 0 saturated carbocycles. The maximum atomic E-state index is 14.6. The highest BCUT2D eigenvalue weighted by molar-refractivity contribution is 7.81. The monoisotopic (exact) mass is 483 g/mol. The summed E-state index contributed by atoms with van der Waals surface area (Å²) in [5.74, 6) is 1.71. The molecular formula is C26H31NO4P2. The van der Waals surface area contributed by atoms with Crippen molar-refractivity contribution in [3.63, 3.8) is 0 Å². The lowest BCUT2D eigenvalue weighted by Crippen LogP contribution is -2.20. The molecule has 174 valence electrons. The van der Waals surface area contributed by atoms with Gasteiger partial charge in [0.25, 0.3) is 0 Å². The highest BCUT2D eigenvalue weighted by atomic mass is 31.2. The third-order valence-electron chi connectivity index (χ3n) is 5.01. The quantitative estimate of drug-likeness (QED) is 0.331. The zero-order valence-electron chi connectivity index (χ0n) is 19.3.